The van der Waals surface area contributed by atoms with Gasteiger partial charge in [-0.05, 0) is 31.5 Å². The summed E-state index contributed by atoms with van der Waals surface area (Å²) in [5, 5.41) is 3.02. The summed E-state index contributed by atoms with van der Waals surface area (Å²) in [5.74, 6) is -0.278. The lowest BCUT2D eigenvalue weighted by Crippen LogP contribution is -2.37. The zero-order valence-electron chi connectivity index (χ0n) is 14.5. The van der Waals surface area contributed by atoms with Crippen molar-refractivity contribution < 1.29 is 4.79 Å². The Hall–Kier alpha value is -3.22. The number of fused-ring (bicyclic) bond motifs is 1. The lowest BCUT2D eigenvalue weighted by Gasteiger charge is -2.10. The number of carbonyl (C=O) groups is 1. The average molecular weight is 338 g/mol. The molecule has 0 spiro atoms. The maximum Gasteiger partial charge on any atom is 0.332 e. The third kappa shape index (κ3) is 2.84. The number of amides is 1. The molecule has 7 nitrogen and oxygen atoms in total. The van der Waals surface area contributed by atoms with Crippen LogP contribution in [0.4, 0.5) is 5.69 Å². The van der Waals surface area contributed by atoms with Gasteiger partial charge in [-0.3, -0.25) is 18.7 Å². The van der Waals surface area contributed by atoms with E-state index in [0.717, 1.165) is 15.7 Å². The van der Waals surface area contributed by atoms with Gasteiger partial charge in [-0.1, -0.05) is 17.7 Å². The van der Waals surface area contributed by atoms with E-state index in [1.165, 1.54) is 23.9 Å². The number of aromatic nitrogens is 3. The molecule has 0 saturated carbocycles. The van der Waals surface area contributed by atoms with E-state index in [9.17, 15) is 14.4 Å². The fourth-order valence-corrected chi connectivity index (χ4v) is 2.80. The predicted molar refractivity (Wildman–Crippen MR) is 96.1 cm³/mol. The van der Waals surface area contributed by atoms with E-state index in [4.69, 9.17) is 0 Å². The lowest BCUT2D eigenvalue weighted by atomic mass is 10.1. The highest BCUT2D eigenvalue weighted by Crippen LogP contribution is 2.16. The largest absolute Gasteiger partial charge is 0.332 e. The van der Waals surface area contributed by atoms with Crippen LogP contribution in [-0.2, 0) is 14.1 Å². The first kappa shape index (κ1) is 16.6. The second-order valence-corrected chi connectivity index (χ2v) is 6.07. The second kappa shape index (κ2) is 6.01. The van der Waals surface area contributed by atoms with Crippen LogP contribution >= 0.6 is 0 Å². The minimum Gasteiger partial charge on any atom is -0.321 e. The molecule has 128 valence electrons. The van der Waals surface area contributed by atoms with Gasteiger partial charge in [0.2, 0.25) is 0 Å². The Morgan fingerprint density at radius 1 is 1.08 bits per heavy atom. The molecule has 2 heterocycles. The number of nitrogens with zero attached hydrogens (tertiary/aromatic N) is 3. The Bertz CT molecular complexity index is 1130. The quantitative estimate of drug-likeness (QED) is 0.767. The highest BCUT2D eigenvalue weighted by molar-refractivity contribution is 6.05. The van der Waals surface area contributed by atoms with Gasteiger partial charge in [-0.2, -0.15) is 0 Å². The summed E-state index contributed by atoms with van der Waals surface area (Å²) < 4.78 is 2.31. The van der Waals surface area contributed by atoms with Gasteiger partial charge in [0.25, 0.3) is 11.5 Å². The maximum absolute atomic E-state index is 12.5. The number of hydrogen-bond donors (Lipinski definition) is 1. The molecule has 0 aliphatic rings. The van der Waals surface area contributed by atoms with Crippen LogP contribution in [0.5, 0.6) is 0 Å². The van der Waals surface area contributed by atoms with Crippen molar-refractivity contribution in [3.05, 3.63) is 68.0 Å². The normalized spacial score (nSPS) is 10.9. The fourth-order valence-electron chi connectivity index (χ4n) is 2.80. The van der Waals surface area contributed by atoms with Gasteiger partial charge in [0.05, 0.1) is 17.3 Å². The van der Waals surface area contributed by atoms with E-state index >= 15 is 0 Å². The zero-order valence-corrected chi connectivity index (χ0v) is 14.5. The van der Waals surface area contributed by atoms with E-state index in [1.807, 2.05) is 26.0 Å². The molecule has 25 heavy (non-hydrogen) atoms. The molecule has 3 rings (SSSR count). The third-order valence-corrected chi connectivity index (χ3v) is 4.18. The molecule has 0 radical (unpaired) electrons. The van der Waals surface area contributed by atoms with Crippen molar-refractivity contribution in [2.45, 2.75) is 13.8 Å². The Labute approximate surface area is 143 Å². The number of pyridine rings is 1. The molecule has 3 aromatic rings. The summed E-state index contributed by atoms with van der Waals surface area (Å²) in [5.41, 5.74) is 2.27. The lowest BCUT2D eigenvalue weighted by molar-refractivity contribution is 0.102. The molecule has 1 amide bonds. The Morgan fingerprint density at radius 2 is 1.80 bits per heavy atom. The first-order valence-corrected chi connectivity index (χ1v) is 7.74. The van der Waals surface area contributed by atoms with E-state index < -0.39 is 11.2 Å². The SMILES string of the molecule is Cc1ccc(C(=O)Nc2cnc3c(c2)c(=O)n(C)c(=O)n3C)c(C)c1. The van der Waals surface area contributed by atoms with Crippen LogP contribution < -0.4 is 16.6 Å². The third-order valence-electron chi connectivity index (χ3n) is 4.18. The monoisotopic (exact) mass is 338 g/mol. The second-order valence-electron chi connectivity index (χ2n) is 6.07. The summed E-state index contributed by atoms with van der Waals surface area (Å²) in [6.45, 7) is 3.83. The van der Waals surface area contributed by atoms with Crippen LogP contribution in [0, 0.1) is 13.8 Å². The van der Waals surface area contributed by atoms with Crippen molar-refractivity contribution in [1.29, 1.82) is 0 Å². The van der Waals surface area contributed by atoms with Gasteiger partial charge in [-0.25, -0.2) is 9.78 Å². The molecule has 0 bridgehead atoms. The van der Waals surface area contributed by atoms with Gasteiger partial charge < -0.3 is 5.32 Å². The molecule has 7 heteroatoms. The van der Waals surface area contributed by atoms with Gasteiger partial charge in [0.1, 0.15) is 5.65 Å². The summed E-state index contributed by atoms with van der Waals surface area (Å²) >= 11 is 0. The van der Waals surface area contributed by atoms with Crippen LogP contribution in [0.15, 0.2) is 40.1 Å². The molecule has 1 aromatic carbocycles. The Balaban J connectivity index is 2.04. The number of carbonyl (C=O) groups excluding carboxylic acids is 1. The molecule has 0 aliphatic heterocycles. The fraction of sp³-hybridized carbons (Fsp3) is 0.222. The molecule has 0 fully saturated rings. The van der Waals surface area contributed by atoms with Crippen LogP contribution in [0.1, 0.15) is 21.5 Å². The first-order chi connectivity index (χ1) is 11.8. The van der Waals surface area contributed by atoms with Crippen molar-refractivity contribution >= 4 is 22.6 Å². The van der Waals surface area contributed by atoms with E-state index in [0.29, 0.717) is 11.3 Å². The van der Waals surface area contributed by atoms with E-state index in [-0.39, 0.29) is 16.9 Å². The predicted octanol–water partition coefficient (Wildman–Crippen LogP) is 1.50. The van der Waals surface area contributed by atoms with Crippen molar-refractivity contribution in [1.82, 2.24) is 14.1 Å². The molecule has 0 saturated heterocycles. The molecule has 0 aliphatic carbocycles. The Morgan fingerprint density at radius 3 is 2.48 bits per heavy atom. The van der Waals surface area contributed by atoms with Gasteiger partial charge in [0, 0.05) is 19.7 Å². The topological polar surface area (TPSA) is 86.0 Å². The molecule has 0 unspecified atom stereocenters. The minimum atomic E-state index is -0.451. The minimum absolute atomic E-state index is 0.267. The van der Waals surface area contributed by atoms with Crippen molar-refractivity contribution in [2.24, 2.45) is 14.1 Å². The number of rotatable bonds is 2. The van der Waals surface area contributed by atoms with E-state index in [1.54, 1.807) is 13.1 Å². The number of anilines is 1. The summed E-state index contributed by atoms with van der Waals surface area (Å²) in [6.07, 6.45) is 1.43. The molecule has 2 aromatic heterocycles. The maximum atomic E-state index is 12.5. The smallest absolute Gasteiger partial charge is 0.321 e. The first-order valence-electron chi connectivity index (χ1n) is 7.74. The Kier molecular flexibility index (Phi) is 4.00. The van der Waals surface area contributed by atoms with Gasteiger partial charge in [0.15, 0.2) is 0 Å². The van der Waals surface area contributed by atoms with Crippen LogP contribution in [-0.4, -0.2) is 20.0 Å². The average Bonchev–Trinajstić information content (AvgIpc) is 2.57. The van der Waals surface area contributed by atoms with Gasteiger partial charge >= 0.3 is 5.69 Å². The van der Waals surface area contributed by atoms with E-state index in [2.05, 4.69) is 10.3 Å². The van der Waals surface area contributed by atoms with Crippen LogP contribution in [0.2, 0.25) is 0 Å². The summed E-state index contributed by atoms with van der Waals surface area (Å²) in [7, 11) is 2.95. The zero-order chi connectivity index (χ0) is 18.3. The molecular weight excluding hydrogens is 320 g/mol. The number of nitrogens with one attached hydrogen (secondary N) is 1. The highest BCUT2D eigenvalue weighted by Gasteiger charge is 2.13. The van der Waals surface area contributed by atoms with Crippen molar-refractivity contribution in [3.8, 4) is 0 Å². The number of aryl methyl sites for hydroxylation is 3. The number of benzene rings is 1. The van der Waals surface area contributed by atoms with Crippen molar-refractivity contribution in [2.75, 3.05) is 5.32 Å². The van der Waals surface area contributed by atoms with Gasteiger partial charge in [-0.15, -0.1) is 0 Å². The van der Waals surface area contributed by atoms with Crippen LogP contribution in [0.25, 0.3) is 11.0 Å². The molecule has 0 atom stereocenters. The van der Waals surface area contributed by atoms with Crippen LogP contribution in [0.3, 0.4) is 0 Å². The molecular formula is C18H18N4O3. The molecule has 1 N–H and O–H groups in total. The number of hydrogen-bond acceptors (Lipinski definition) is 4. The summed E-state index contributed by atoms with van der Waals surface area (Å²) in [6, 6.07) is 7.09. The standard InChI is InChI=1S/C18H18N4O3/c1-10-5-6-13(11(2)7-10)16(23)20-12-8-14-15(19-9-12)21(3)18(25)22(4)17(14)24/h5-9H,1-4H3,(H,20,23). The van der Waals surface area contributed by atoms with Crippen molar-refractivity contribution in [3.63, 3.8) is 0 Å². The highest BCUT2D eigenvalue weighted by atomic mass is 16.2. The summed E-state index contributed by atoms with van der Waals surface area (Å²) in [4.78, 5) is 40.9.